The van der Waals surface area contributed by atoms with Crippen molar-refractivity contribution in [3.05, 3.63) is 65.9 Å². The molecule has 2 heterocycles. The van der Waals surface area contributed by atoms with Gasteiger partial charge < -0.3 is 5.32 Å². The van der Waals surface area contributed by atoms with Gasteiger partial charge in [0.15, 0.2) is 0 Å². The molecule has 24 heavy (non-hydrogen) atoms. The number of amides is 1. The molecule has 0 bridgehead atoms. The summed E-state index contributed by atoms with van der Waals surface area (Å²) in [7, 11) is 0. The van der Waals surface area contributed by atoms with Crippen LogP contribution in [0.15, 0.2) is 54.7 Å². The highest BCUT2D eigenvalue weighted by atomic mass is 16.1. The maximum absolute atomic E-state index is 12.5. The number of carbonyl (C=O) groups is 1. The average Bonchev–Trinajstić information content (AvgIpc) is 3.24. The van der Waals surface area contributed by atoms with Gasteiger partial charge in [0, 0.05) is 36.6 Å². The van der Waals surface area contributed by atoms with Crippen LogP contribution in [0.25, 0.3) is 10.9 Å². The second-order valence-electron chi connectivity index (χ2n) is 6.35. The fourth-order valence-corrected chi connectivity index (χ4v) is 3.29. The van der Waals surface area contributed by atoms with Crippen LogP contribution in [0.5, 0.6) is 0 Å². The minimum absolute atomic E-state index is 0.00957. The van der Waals surface area contributed by atoms with Gasteiger partial charge in [-0.25, -0.2) is 0 Å². The maximum Gasteiger partial charge on any atom is 0.251 e. The number of likely N-dealkylation sites (tertiary alicyclic amines) is 1. The van der Waals surface area contributed by atoms with Gasteiger partial charge in [0.25, 0.3) is 5.91 Å². The zero-order valence-electron chi connectivity index (χ0n) is 13.4. The molecule has 0 aliphatic carbocycles. The zero-order valence-corrected chi connectivity index (χ0v) is 13.4. The molecule has 2 aromatic carbocycles. The molecule has 3 aromatic rings. The predicted octanol–water partition coefficient (Wildman–Crippen LogP) is 2.57. The van der Waals surface area contributed by atoms with Crippen LogP contribution in [0.3, 0.4) is 0 Å². The summed E-state index contributed by atoms with van der Waals surface area (Å²) in [5, 5.41) is 11.0. The van der Waals surface area contributed by atoms with Crippen molar-refractivity contribution in [1.29, 1.82) is 0 Å². The van der Waals surface area contributed by atoms with E-state index in [1.807, 2.05) is 24.3 Å². The topological polar surface area (TPSA) is 61.0 Å². The van der Waals surface area contributed by atoms with Crippen molar-refractivity contribution < 1.29 is 4.79 Å². The number of nitrogens with one attached hydrogen (secondary N) is 2. The van der Waals surface area contributed by atoms with E-state index in [2.05, 4.69) is 44.7 Å². The second-order valence-corrected chi connectivity index (χ2v) is 6.35. The Balaban J connectivity index is 1.36. The summed E-state index contributed by atoms with van der Waals surface area (Å²) in [6.07, 6.45) is 2.73. The third-order valence-corrected chi connectivity index (χ3v) is 4.56. The van der Waals surface area contributed by atoms with E-state index in [0.717, 1.165) is 37.0 Å². The number of carbonyl (C=O) groups excluding carboxylic acids is 1. The van der Waals surface area contributed by atoms with Gasteiger partial charge in [-0.1, -0.05) is 30.3 Å². The van der Waals surface area contributed by atoms with Gasteiger partial charge in [0.1, 0.15) is 0 Å². The summed E-state index contributed by atoms with van der Waals surface area (Å²) >= 11 is 0. The van der Waals surface area contributed by atoms with Gasteiger partial charge in [-0.15, -0.1) is 0 Å². The van der Waals surface area contributed by atoms with Crippen LogP contribution in [0.1, 0.15) is 22.3 Å². The molecule has 0 saturated carbocycles. The van der Waals surface area contributed by atoms with Crippen molar-refractivity contribution in [3.8, 4) is 0 Å². The molecule has 1 atom stereocenters. The number of H-pyrrole nitrogens is 1. The Morgan fingerprint density at radius 3 is 3.00 bits per heavy atom. The molecule has 1 aromatic heterocycles. The fourth-order valence-electron chi connectivity index (χ4n) is 3.29. The van der Waals surface area contributed by atoms with Crippen LogP contribution in [0.2, 0.25) is 0 Å². The van der Waals surface area contributed by atoms with E-state index >= 15 is 0 Å². The normalized spacial score (nSPS) is 18.1. The summed E-state index contributed by atoms with van der Waals surface area (Å²) in [5.74, 6) is -0.00957. The molecule has 1 amide bonds. The number of fused-ring (bicyclic) bond motifs is 1. The van der Waals surface area contributed by atoms with Gasteiger partial charge in [-0.05, 0) is 30.2 Å². The highest BCUT2D eigenvalue weighted by Gasteiger charge is 2.24. The van der Waals surface area contributed by atoms with Crippen LogP contribution in [0.4, 0.5) is 0 Å². The van der Waals surface area contributed by atoms with Gasteiger partial charge in [-0.3, -0.25) is 14.8 Å². The molecular formula is C19H20N4O. The summed E-state index contributed by atoms with van der Waals surface area (Å²) in [6.45, 7) is 2.85. The van der Waals surface area contributed by atoms with Crippen molar-refractivity contribution in [1.82, 2.24) is 20.4 Å². The van der Waals surface area contributed by atoms with Crippen LogP contribution < -0.4 is 5.32 Å². The number of nitrogens with zero attached hydrogens (tertiary/aromatic N) is 2. The number of aromatic nitrogens is 2. The first-order valence-corrected chi connectivity index (χ1v) is 8.28. The molecule has 1 aliphatic rings. The molecule has 5 heteroatoms. The molecule has 0 radical (unpaired) electrons. The molecule has 4 rings (SSSR count). The third kappa shape index (κ3) is 3.16. The lowest BCUT2D eigenvalue weighted by molar-refractivity contribution is 0.0938. The molecular weight excluding hydrogens is 300 g/mol. The lowest BCUT2D eigenvalue weighted by Gasteiger charge is -2.17. The van der Waals surface area contributed by atoms with E-state index in [1.165, 1.54) is 5.56 Å². The van der Waals surface area contributed by atoms with Gasteiger partial charge in [-0.2, -0.15) is 5.10 Å². The van der Waals surface area contributed by atoms with E-state index < -0.39 is 0 Å². The fraction of sp³-hybridized carbons (Fsp3) is 0.263. The summed E-state index contributed by atoms with van der Waals surface area (Å²) in [5.41, 5.74) is 2.95. The van der Waals surface area contributed by atoms with Crippen molar-refractivity contribution in [2.75, 3.05) is 13.1 Å². The third-order valence-electron chi connectivity index (χ3n) is 4.56. The zero-order chi connectivity index (χ0) is 16.4. The van der Waals surface area contributed by atoms with Gasteiger partial charge in [0.05, 0.1) is 11.7 Å². The van der Waals surface area contributed by atoms with Crippen molar-refractivity contribution in [2.24, 2.45) is 0 Å². The van der Waals surface area contributed by atoms with Gasteiger partial charge in [0.2, 0.25) is 0 Å². The first-order valence-electron chi connectivity index (χ1n) is 8.28. The summed E-state index contributed by atoms with van der Waals surface area (Å²) in [6, 6.07) is 16.3. The molecule has 1 fully saturated rings. The SMILES string of the molecule is O=C(NC1CCN(Cc2ccccc2)C1)c1ccc2[nH]ncc2c1. The quantitative estimate of drug-likeness (QED) is 0.777. The Labute approximate surface area is 140 Å². The largest absolute Gasteiger partial charge is 0.348 e. The lowest BCUT2D eigenvalue weighted by atomic mass is 10.1. The Hall–Kier alpha value is -2.66. The molecule has 122 valence electrons. The number of rotatable bonds is 4. The average molecular weight is 320 g/mol. The van der Waals surface area contributed by atoms with E-state index in [9.17, 15) is 4.79 Å². The van der Waals surface area contributed by atoms with Crippen molar-refractivity contribution >= 4 is 16.8 Å². The maximum atomic E-state index is 12.5. The lowest BCUT2D eigenvalue weighted by Crippen LogP contribution is -2.36. The molecule has 1 unspecified atom stereocenters. The van der Waals surface area contributed by atoms with E-state index in [4.69, 9.17) is 0 Å². The Kier molecular flexibility index (Phi) is 4.01. The highest BCUT2D eigenvalue weighted by molar-refractivity contribution is 5.98. The highest BCUT2D eigenvalue weighted by Crippen LogP contribution is 2.16. The van der Waals surface area contributed by atoms with Crippen LogP contribution >= 0.6 is 0 Å². The Bertz CT molecular complexity index is 843. The Morgan fingerprint density at radius 1 is 1.25 bits per heavy atom. The molecule has 5 nitrogen and oxygen atoms in total. The summed E-state index contributed by atoms with van der Waals surface area (Å²) in [4.78, 5) is 14.9. The van der Waals surface area contributed by atoms with Crippen LogP contribution in [0, 0.1) is 0 Å². The predicted molar refractivity (Wildman–Crippen MR) is 93.7 cm³/mol. The van der Waals surface area contributed by atoms with E-state index in [-0.39, 0.29) is 11.9 Å². The molecule has 1 saturated heterocycles. The molecule has 0 spiro atoms. The first kappa shape index (κ1) is 14.9. The standard InChI is InChI=1S/C19H20N4O/c24-19(15-6-7-18-16(10-15)11-20-22-18)21-17-8-9-23(13-17)12-14-4-2-1-3-5-14/h1-7,10-11,17H,8-9,12-13H2,(H,20,22)(H,21,24). The number of hydrogen-bond acceptors (Lipinski definition) is 3. The second kappa shape index (κ2) is 6.45. The Morgan fingerprint density at radius 2 is 2.12 bits per heavy atom. The minimum atomic E-state index is -0.00957. The van der Waals surface area contributed by atoms with Crippen molar-refractivity contribution in [3.63, 3.8) is 0 Å². The van der Waals surface area contributed by atoms with Crippen molar-refractivity contribution in [2.45, 2.75) is 19.0 Å². The van der Waals surface area contributed by atoms with E-state index in [0.29, 0.717) is 5.56 Å². The molecule has 1 aliphatic heterocycles. The number of aromatic amines is 1. The van der Waals surface area contributed by atoms with Crippen LogP contribution in [-0.2, 0) is 6.54 Å². The number of hydrogen-bond donors (Lipinski definition) is 2. The monoisotopic (exact) mass is 320 g/mol. The minimum Gasteiger partial charge on any atom is -0.348 e. The van der Waals surface area contributed by atoms with E-state index in [1.54, 1.807) is 6.20 Å². The van der Waals surface area contributed by atoms with Crippen LogP contribution in [-0.4, -0.2) is 40.1 Å². The number of benzene rings is 2. The molecule has 2 N–H and O–H groups in total. The van der Waals surface area contributed by atoms with Gasteiger partial charge >= 0.3 is 0 Å². The smallest absolute Gasteiger partial charge is 0.251 e. The first-order chi connectivity index (χ1) is 11.8. The summed E-state index contributed by atoms with van der Waals surface area (Å²) < 4.78 is 0.